The van der Waals surface area contributed by atoms with Gasteiger partial charge in [-0.2, -0.15) is 0 Å². The molecule has 1 aliphatic carbocycles. The molecule has 0 radical (unpaired) electrons. The summed E-state index contributed by atoms with van der Waals surface area (Å²) in [5.41, 5.74) is 1.40. The van der Waals surface area contributed by atoms with E-state index < -0.39 is 0 Å². The molecule has 0 amide bonds. The molecular formula is C13H22N2S. The van der Waals surface area contributed by atoms with Gasteiger partial charge in [-0.05, 0) is 39.0 Å². The van der Waals surface area contributed by atoms with Crippen molar-refractivity contribution in [3.8, 4) is 0 Å². The van der Waals surface area contributed by atoms with Crippen LogP contribution >= 0.6 is 11.3 Å². The molecule has 1 aromatic rings. The van der Waals surface area contributed by atoms with Gasteiger partial charge in [0.25, 0.3) is 0 Å². The van der Waals surface area contributed by atoms with Crippen LogP contribution in [0.5, 0.6) is 0 Å². The van der Waals surface area contributed by atoms with Crippen LogP contribution in [0.4, 0.5) is 0 Å². The van der Waals surface area contributed by atoms with Gasteiger partial charge in [0.1, 0.15) is 0 Å². The number of nitrogens with one attached hydrogen (secondary N) is 1. The lowest BCUT2D eigenvalue weighted by molar-refractivity contribution is 0.537. The minimum atomic E-state index is 0.634. The first kappa shape index (κ1) is 12.1. The average molecular weight is 238 g/mol. The Labute approximate surface area is 102 Å². The maximum absolute atomic E-state index is 4.75. The number of nitrogens with zero attached hydrogens (tertiary/aromatic N) is 1. The number of hydrogen-bond donors (Lipinski definition) is 1. The zero-order chi connectivity index (χ0) is 11.4. The van der Waals surface area contributed by atoms with Crippen LogP contribution in [0.2, 0.25) is 0 Å². The Morgan fingerprint density at radius 2 is 2.19 bits per heavy atom. The number of hydrogen-bond acceptors (Lipinski definition) is 3. The van der Waals surface area contributed by atoms with Crippen LogP contribution < -0.4 is 5.32 Å². The molecule has 1 aliphatic rings. The Hall–Kier alpha value is -0.410. The number of aryl methyl sites for hydroxylation is 2. The van der Waals surface area contributed by atoms with Crippen molar-refractivity contribution in [2.24, 2.45) is 0 Å². The Morgan fingerprint density at radius 3 is 2.94 bits per heavy atom. The Balaban J connectivity index is 1.83. The van der Waals surface area contributed by atoms with Gasteiger partial charge in [0.15, 0.2) is 0 Å². The fourth-order valence-electron chi connectivity index (χ4n) is 2.08. The zero-order valence-electron chi connectivity index (χ0n) is 10.4. The van der Waals surface area contributed by atoms with E-state index in [-0.39, 0.29) is 0 Å². The smallest absolute Gasteiger partial charge is 0.0943 e. The van der Waals surface area contributed by atoms with Crippen LogP contribution in [-0.2, 0) is 19.3 Å². The van der Waals surface area contributed by atoms with Gasteiger partial charge in [-0.3, -0.25) is 0 Å². The van der Waals surface area contributed by atoms with Crippen molar-refractivity contribution in [2.45, 2.75) is 58.4 Å². The van der Waals surface area contributed by atoms with E-state index in [9.17, 15) is 0 Å². The number of rotatable bonds is 5. The molecular weight excluding hydrogens is 216 g/mol. The topological polar surface area (TPSA) is 24.9 Å². The summed E-state index contributed by atoms with van der Waals surface area (Å²) in [6.07, 6.45) is 7.48. The summed E-state index contributed by atoms with van der Waals surface area (Å²) in [4.78, 5) is 6.31. The molecule has 0 aromatic carbocycles. The third-order valence-corrected chi connectivity index (χ3v) is 4.55. The third kappa shape index (κ3) is 3.05. The molecule has 0 saturated carbocycles. The number of thiazole rings is 1. The monoisotopic (exact) mass is 238 g/mol. The Kier molecular flexibility index (Phi) is 4.36. The van der Waals surface area contributed by atoms with Gasteiger partial charge in [-0.15, -0.1) is 11.3 Å². The van der Waals surface area contributed by atoms with Crippen molar-refractivity contribution >= 4 is 11.3 Å². The van der Waals surface area contributed by atoms with Gasteiger partial charge in [0.2, 0.25) is 0 Å². The first-order valence-corrected chi connectivity index (χ1v) is 7.32. The molecule has 0 saturated heterocycles. The standard InChI is InChI=1S/C13H22N2S/c1-3-10(2)14-9-8-13-15-11-6-4-5-7-12(11)16-13/h10,14H,3-9H2,1-2H3. The molecule has 0 spiro atoms. The lowest BCUT2D eigenvalue weighted by Crippen LogP contribution is -2.27. The highest BCUT2D eigenvalue weighted by Crippen LogP contribution is 2.26. The molecule has 0 aliphatic heterocycles. The van der Waals surface area contributed by atoms with Gasteiger partial charge in [-0.25, -0.2) is 4.98 Å². The van der Waals surface area contributed by atoms with E-state index in [0.717, 1.165) is 13.0 Å². The highest BCUT2D eigenvalue weighted by Gasteiger charge is 2.14. The first-order valence-electron chi connectivity index (χ1n) is 6.50. The van der Waals surface area contributed by atoms with E-state index in [1.165, 1.54) is 42.8 Å². The van der Waals surface area contributed by atoms with Crippen LogP contribution in [-0.4, -0.2) is 17.6 Å². The first-order chi connectivity index (χ1) is 7.79. The third-order valence-electron chi connectivity index (χ3n) is 3.33. The lowest BCUT2D eigenvalue weighted by atomic mass is 10.0. The molecule has 16 heavy (non-hydrogen) atoms. The van der Waals surface area contributed by atoms with Crippen molar-refractivity contribution < 1.29 is 0 Å². The molecule has 1 unspecified atom stereocenters. The summed E-state index contributed by atoms with van der Waals surface area (Å²) in [6, 6.07) is 0.634. The van der Waals surface area contributed by atoms with Gasteiger partial charge >= 0.3 is 0 Å². The largest absolute Gasteiger partial charge is 0.314 e. The number of fused-ring (bicyclic) bond motifs is 1. The minimum Gasteiger partial charge on any atom is -0.314 e. The maximum atomic E-state index is 4.75. The van der Waals surface area contributed by atoms with Gasteiger partial charge in [-0.1, -0.05) is 6.92 Å². The van der Waals surface area contributed by atoms with Crippen molar-refractivity contribution in [1.29, 1.82) is 0 Å². The molecule has 3 heteroatoms. The zero-order valence-corrected chi connectivity index (χ0v) is 11.2. The molecule has 2 rings (SSSR count). The summed E-state index contributed by atoms with van der Waals surface area (Å²) in [7, 11) is 0. The van der Waals surface area contributed by atoms with E-state index >= 15 is 0 Å². The van der Waals surface area contributed by atoms with Crippen molar-refractivity contribution in [3.63, 3.8) is 0 Å². The average Bonchev–Trinajstić information content (AvgIpc) is 2.71. The van der Waals surface area contributed by atoms with E-state index in [2.05, 4.69) is 19.2 Å². The van der Waals surface area contributed by atoms with E-state index in [0.29, 0.717) is 6.04 Å². The maximum Gasteiger partial charge on any atom is 0.0943 e. The van der Waals surface area contributed by atoms with E-state index in [1.54, 1.807) is 4.88 Å². The Morgan fingerprint density at radius 1 is 1.38 bits per heavy atom. The van der Waals surface area contributed by atoms with Crippen molar-refractivity contribution in [1.82, 2.24) is 10.3 Å². The predicted octanol–water partition coefficient (Wildman–Crippen LogP) is 2.95. The fourth-order valence-corrected chi connectivity index (χ4v) is 3.24. The Bertz CT molecular complexity index is 309. The quantitative estimate of drug-likeness (QED) is 0.853. The molecule has 1 N–H and O–H groups in total. The van der Waals surface area contributed by atoms with Crippen LogP contribution in [0.15, 0.2) is 0 Å². The predicted molar refractivity (Wildman–Crippen MR) is 70.2 cm³/mol. The SMILES string of the molecule is CCC(C)NCCc1nc2c(s1)CCCC2. The molecule has 2 nitrogen and oxygen atoms in total. The van der Waals surface area contributed by atoms with Crippen LogP contribution in [0.3, 0.4) is 0 Å². The molecule has 0 bridgehead atoms. The van der Waals surface area contributed by atoms with Gasteiger partial charge in [0.05, 0.1) is 10.7 Å². The second-order valence-corrected chi connectivity index (χ2v) is 5.87. The summed E-state index contributed by atoms with van der Waals surface area (Å²) < 4.78 is 0. The highest BCUT2D eigenvalue weighted by atomic mass is 32.1. The summed E-state index contributed by atoms with van der Waals surface area (Å²) in [5.74, 6) is 0. The molecule has 1 atom stereocenters. The highest BCUT2D eigenvalue weighted by molar-refractivity contribution is 7.11. The van der Waals surface area contributed by atoms with Crippen molar-refractivity contribution in [2.75, 3.05) is 6.54 Å². The lowest BCUT2D eigenvalue weighted by Gasteiger charge is -2.09. The number of aromatic nitrogens is 1. The van der Waals surface area contributed by atoms with Crippen LogP contribution in [0.25, 0.3) is 0 Å². The molecule has 90 valence electrons. The van der Waals surface area contributed by atoms with Crippen LogP contribution in [0.1, 0.15) is 48.7 Å². The second-order valence-electron chi connectivity index (χ2n) is 4.70. The van der Waals surface area contributed by atoms with Crippen LogP contribution in [0, 0.1) is 0 Å². The normalized spacial score (nSPS) is 17.1. The van der Waals surface area contributed by atoms with Gasteiger partial charge in [0, 0.05) is 23.9 Å². The van der Waals surface area contributed by atoms with Crippen molar-refractivity contribution in [3.05, 3.63) is 15.6 Å². The summed E-state index contributed by atoms with van der Waals surface area (Å²) >= 11 is 1.94. The molecule has 1 heterocycles. The fraction of sp³-hybridized carbons (Fsp3) is 0.769. The molecule has 1 aromatic heterocycles. The van der Waals surface area contributed by atoms with E-state index in [4.69, 9.17) is 4.98 Å². The molecule has 0 fully saturated rings. The van der Waals surface area contributed by atoms with E-state index in [1.807, 2.05) is 11.3 Å². The second kappa shape index (κ2) is 5.78. The summed E-state index contributed by atoms with van der Waals surface area (Å²) in [5, 5.41) is 4.86. The minimum absolute atomic E-state index is 0.634. The summed E-state index contributed by atoms with van der Waals surface area (Å²) in [6.45, 7) is 5.54. The van der Waals surface area contributed by atoms with Gasteiger partial charge < -0.3 is 5.32 Å².